The van der Waals surface area contributed by atoms with Crippen LogP contribution in [0.4, 0.5) is 0 Å². The van der Waals surface area contributed by atoms with Crippen molar-refractivity contribution >= 4 is 39.8 Å². The van der Waals surface area contributed by atoms with Gasteiger partial charge in [0.05, 0.1) is 10.7 Å². The van der Waals surface area contributed by atoms with Crippen LogP contribution < -0.4 is 0 Å². The van der Waals surface area contributed by atoms with Crippen molar-refractivity contribution < 1.29 is 9.32 Å². The second kappa shape index (κ2) is 7.81. The average molecular weight is 419 g/mol. The first kappa shape index (κ1) is 19.4. The Kier molecular flexibility index (Phi) is 5.40. The molecule has 1 aliphatic heterocycles. The van der Waals surface area contributed by atoms with E-state index < -0.39 is 0 Å². The third-order valence-electron chi connectivity index (χ3n) is 5.38. The number of hydrogen-bond acceptors (Lipinski definition) is 6. The van der Waals surface area contributed by atoms with Crippen LogP contribution in [0.2, 0.25) is 5.02 Å². The second-order valence-corrected chi connectivity index (χ2v) is 9.00. The highest BCUT2D eigenvalue weighted by molar-refractivity contribution is 7.13. The molecule has 0 spiro atoms. The number of carbonyl (C=O) groups is 1. The molecule has 148 valence electrons. The SMILES string of the molecule is Cc1nc(C)c(C(=O)N2CCC(N(C)Cc3noc4ccc(Cl)cc34)CC2)s1. The molecule has 8 heteroatoms. The summed E-state index contributed by atoms with van der Waals surface area (Å²) in [5.74, 6) is 0.112. The standard InChI is InChI=1S/C20H23ClN4O2S/c1-12-19(28-13(2)22-12)20(26)25-8-6-15(7-9-25)24(3)11-17-16-10-14(21)4-5-18(16)27-23-17/h4-5,10,15H,6-9,11H2,1-3H3. The molecule has 0 radical (unpaired) electrons. The van der Waals surface area contributed by atoms with Crippen molar-refractivity contribution in [3.63, 3.8) is 0 Å². The number of likely N-dealkylation sites (tertiary alicyclic amines) is 1. The van der Waals surface area contributed by atoms with E-state index in [1.165, 1.54) is 11.3 Å². The molecule has 0 saturated carbocycles. The Morgan fingerprint density at radius 2 is 2.11 bits per heavy atom. The van der Waals surface area contributed by atoms with Crippen molar-refractivity contribution in [2.75, 3.05) is 20.1 Å². The van der Waals surface area contributed by atoms with Crippen LogP contribution in [-0.2, 0) is 6.54 Å². The van der Waals surface area contributed by atoms with Crippen LogP contribution in [-0.4, -0.2) is 52.0 Å². The second-order valence-electron chi connectivity index (χ2n) is 7.36. The number of thiazole rings is 1. The number of aromatic nitrogens is 2. The zero-order chi connectivity index (χ0) is 19.8. The molecule has 3 heterocycles. The van der Waals surface area contributed by atoms with Crippen LogP contribution in [0.15, 0.2) is 22.7 Å². The minimum Gasteiger partial charge on any atom is -0.356 e. The first-order valence-corrected chi connectivity index (χ1v) is 10.6. The van der Waals surface area contributed by atoms with Gasteiger partial charge in [0.15, 0.2) is 5.58 Å². The molecule has 1 aliphatic rings. The molecule has 28 heavy (non-hydrogen) atoms. The van der Waals surface area contributed by atoms with Crippen molar-refractivity contribution in [2.24, 2.45) is 0 Å². The van der Waals surface area contributed by atoms with Gasteiger partial charge in [0.25, 0.3) is 5.91 Å². The molecule has 4 rings (SSSR count). The molecule has 2 aromatic heterocycles. The van der Waals surface area contributed by atoms with Gasteiger partial charge < -0.3 is 9.42 Å². The molecule has 1 saturated heterocycles. The van der Waals surface area contributed by atoms with Crippen LogP contribution >= 0.6 is 22.9 Å². The Bertz CT molecular complexity index is 1010. The number of carbonyl (C=O) groups excluding carboxylic acids is 1. The number of piperidine rings is 1. The molecule has 0 bridgehead atoms. The summed E-state index contributed by atoms with van der Waals surface area (Å²) in [6, 6.07) is 5.96. The molecule has 0 N–H and O–H groups in total. The Balaban J connectivity index is 1.38. The van der Waals surface area contributed by atoms with E-state index in [0.29, 0.717) is 17.6 Å². The monoisotopic (exact) mass is 418 g/mol. The van der Waals surface area contributed by atoms with Crippen molar-refractivity contribution in [1.29, 1.82) is 0 Å². The highest BCUT2D eigenvalue weighted by Crippen LogP contribution is 2.26. The first-order valence-electron chi connectivity index (χ1n) is 9.39. The van der Waals surface area contributed by atoms with Crippen molar-refractivity contribution in [3.8, 4) is 0 Å². The minimum absolute atomic E-state index is 0.112. The van der Waals surface area contributed by atoms with E-state index in [9.17, 15) is 4.79 Å². The van der Waals surface area contributed by atoms with E-state index in [0.717, 1.165) is 58.2 Å². The number of hydrogen-bond donors (Lipinski definition) is 0. The fourth-order valence-electron chi connectivity index (χ4n) is 3.82. The zero-order valence-corrected chi connectivity index (χ0v) is 17.8. The van der Waals surface area contributed by atoms with Gasteiger partial charge in [-0.3, -0.25) is 9.69 Å². The molecule has 1 fully saturated rings. The molecular weight excluding hydrogens is 396 g/mol. The maximum absolute atomic E-state index is 12.8. The van der Waals surface area contributed by atoms with Crippen molar-refractivity contribution in [2.45, 2.75) is 39.3 Å². The number of benzene rings is 1. The fourth-order valence-corrected chi connectivity index (χ4v) is 4.88. The van der Waals surface area contributed by atoms with Gasteiger partial charge in [0.2, 0.25) is 0 Å². The molecule has 0 aliphatic carbocycles. The fraction of sp³-hybridized carbons (Fsp3) is 0.450. The predicted octanol–water partition coefficient (Wildman–Crippen LogP) is 4.29. The Hall–Kier alpha value is -1.96. The number of nitrogens with zero attached hydrogens (tertiary/aromatic N) is 4. The van der Waals surface area contributed by atoms with Crippen molar-refractivity contribution in [1.82, 2.24) is 19.9 Å². The third kappa shape index (κ3) is 3.79. The first-order chi connectivity index (χ1) is 13.4. The maximum atomic E-state index is 12.8. The largest absolute Gasteiger partial charge is 0.356 e. The predicted molar refractivity (Wildman–Crippen MR) is 111 cm³/mol. The maximum Gasteiger partial charge on any atom is 0.265 e. The summed E-state index contributed by atoms with van der Waals surface area (Å²) in [6.07, 6.45) is 1.88. The lowest BCUT2D eigenvalue weighted by Gasteiger charge is -2.36. The molecular formula is C20H23ClN4O2S. The lowest BCUT2D eigenvalue weighted by Crippen LogP contribution is -2.45. The highest BCUT2D eigenvalue weighted by Gasteiger charge is 2.28. The Morgan fingerprint density at radius 3 is 2.79 bits per heavy atom. The summed E-state index contributed by atoms with van der Waals surface area (Å²) in [5.41, 5.74) is 2.49. The molecule has 0 atom stereocenters. The molecule has 1 aromatic carbocycles. The van der Waals surface area contributed by atoms with Crippen LogP contribution in [0, 0.1) is 13.8 Å². The number of amides is 1. The highest BCUT2D eigenvalue weighted by atomic mass is 35.5. The minimum atomic E-state index is 0.112. The summed E-state index contributed by atoms with van der Waals surface area (Å²) >= 11 is 7.60. The number of aryl methyl sites for hydroxylation is 2. The molecule has 6 nitrogen and oxygen atoms in total. The third-order valence-corrected chi connectivity index (χ3v) is 6.67. The smallest absolute Gasteiger partial charge is 0.265 e. The van der Waals surface area contributed by atoms with Crippen molar-refractivity contribution in [3.05, 3.63) is 44.5 Å². The molecule has 0 unspecified atom stereocenters. The number of halogens is 1. The van der Waals surface area contributed by atoms with E-state index in [1.807, 2.05) is 36.9 Å². The topological polar surface area (TPSA) is 62.5 Å². The van der Waals surface area contributed by atoms with Crippen LogP contribution in [0.3, 0.4) is 0 Å². The van der Waals surface area contributed by atoms with Gasteiger partial charge in [0, 0.05) is 36.1 Å². The zero-order valence-electron chi connectivity index (χ0n) is 16.2. The summed E-state index contributed by atoms with van der Waals surface area (Å²) in [5, 5.41) is 6.80. The van der Waals surface area contributed by atoms with Gasteiger partial charge in [-0.05, 0) is 51.9 Å². The van der Waals surface area contributed by atoms with E-state index in [1.54, 1.807) is 0 Å². The number of fused-ring (bicyclic) bond motifs is 1. The van der Waals surface area contributed by atoms with Crippen LogP contribution in [0.1, 0.15) is 38.9 Å². The van der Waals surface area contributed by atoms with Gasteiger partial charge >= 0.3 is 0 Å². The van der Waals surface area contributed by atoms with E-state index in [4.69, 9.17) is 16.1 Å². The van der Waals surface area contributed by atoms with Gasteiger partial charge in [-0.15, -0.1) is 11.3 Å². The summed E-state index contributed by atoms with van der Waals surface area (Å²) < 4.78 is 5.41. The van der Waals surface area contributed by atoms with E-state index >= 15 is 0 Å². The van der Waals surface area contributed by atoms with Gasteiger partial charge in [0.1, 0.15) is 10.6 Å². The molecule has 1 amide bonds. The van der Waals surface area contributed by atoms with E-state index in [2.05, 4.69) is 22.1 Å². The van der Waals surface area contributed by atoms with Gasteiger partial charge in [-0.25, -0.2) is 4.98 Å². The Morgan fingerprint density at radius 1 is 1.36 bits per heavy atom. The Labute approximate surface area is 173 Å². The lowest BCUT2D eigenvalue weighted by molar-refractivity contribution is 0.0642. The summed E-state index contributed by atoms with van der Waals surface area (Å²) in [4.78, 5) is 22.2. The van der Waals surface area contributed by atoms with Crippen LogP contribution in [0.5, 0.6) is 0 Å². The van der Waals surface area contributed by atoms with Gasteiger partial charge in [-0.2, -0.15) is 0 Å². The average Bonchev–Trinajstić information content (AvgIpc) is 3.23. The normalized spacial score (nSPS) is 15.7. The number of rotatable bonds is 4. The van der Waals surface area contributed by atoms with Crippen LogP contribution in [0.25, 0.3) is 11.0 Å². The quantitative estimate of drug-likeness (QED) is 0.632. The molecule has 3 aromatic rings. The van der Waals surface area contributed by atoms with Gasteiger partial charge in [-0.1, -0.05) is 16.8 Å². The summed E-state index contributed by atoms with van der Waals surface area (Å²) in [6.45, 7) is 6.06. The lowest BCUT2D eigenvalue weighted by atomic mass is 10.0. The van der Waals surface area contributed by atoms with E-state index in [-0.39, 0.29) is 5.91 Å². The summed E-state index contributed by atoms with van der Waals surface area (Å²) in [7, 11) is 2.10.